The highest BCUT2D eigenvalue weighted by atomic mass is 32.2. The summed E-state index contributed by atoms with van der Waals surface area (Å²) in [6, 6.07) is -0.297. The van der Waals surface area contributed by atoms with Gasteiger partial charge in [0.25, 0.3) is 0 Å². The van der Waals surface area contributed by atoms with Gasteiger partial charge in [-0.1, -0.05) is 0 Å². The number of hydrogen-bond donors (Lipinski definition) is 2. The van der Waals surface area contributed by atoms with Crippen LogP contribution in [0.2, 0.25) is 0 Å². The maximum Gasteiger partial charge on any atom is 0.164 e. The second-order valence-corrected chi connectivity index (χ2v) is 6.14. The number of thioether (sulfide) groups is 2. The molecule has 0 amide bonds. The van der Waals surface area contributed by atoms with Gasteiger partial charge in [-0.05, 0) is 14.0 Å². The van der Waals surface area contributed by atoms with E-state index >= 15 is 0 Å². The van der Waals surface area contributed by atoms with Crippen molar-refractivity contribution >= 4 is 35.1 Å². The molecule has 0 aromatic rings. The zero-order valence-corrected chi connectivity index (χ0v) is 11.2. The van der Waals surface area contributed by atoms with E-state index in [0.717, 1.165) is 16.6 Å². The Morgan fingerprint density at radius 2 is 2.12 bits per heavy atom. The highest BCUT2D eigenvalue weighted by molar-refractivity contribution is 8.16. The molecule has 92 valence electrons. The van der Waals surface area contributed by atoms with Crippen molar-refractivity contribution in [3.63, 3.8) is 0 Å². The van der Waals surface area contributed by atoms with E-state index in [2.05, 4.69) is 10.6 Å². The summed E-state index contributed by atoms with van der Waals surface area (Å²) in [7, 11) is 1.80. The van der Waals surface area contributed by atoms with Gasteiger partial charge in [0.15, 0.2) is 5.78 Å². The van der Waals surface area contributed by atoms with Crippen molar-refractivity contribution in [1.82, 2.24) is 10.6 Å². The van der Waals surface area contributed by atoms with Gasteiger partial charge in [0.1, 0.15) is 5.78 Å². The average molecular weight is 262 g/mol. The van der Waals surface area contributed by atoms with Crippen molar-refractivity contribution in [2.24, 2.45) is 0 Å². The molecule has 1 aliphatic heterocycles. The SMILES string of the molecule is CN[C@H]1CSCSC[C@@H](C(C)=O)NCC1=O. The van der Waals surface area contributed by atoms with Gasteiger partial charge in [-0.15, -0.1) is 23.5 Å². The summed E-state index contributed by atoms with van der Waals surface area (Å²) in [5, 5.41) is 6.97. The lowest BCUT2D eigenvalue weighted by Gasteiger charge is -2.20. The molecule has 1 heterocycles. The van der Waals surface area contributed by atoms with Crippen LogP contribution in [0.1, 0.15) is 6.92 Å². The number of ketones is 2. The van der Waals surface area contributed by atoms with Crippen LogP contribution >= 0.6 is 23.5 Å². The number of Topliss-reactive ketones (excluding diaryl/α,β-unsaturated/α-hetero) is 2. The van der Waals surface area contributed by atoms with Gasteiger partial charge in [-0.2, -0.15) is 0 Å². The molecule has 0 saturated carbocycles. The molecule has 0 aromatic carbocycles. The van der Waals surface area contributed by atoms with Crippen LogP contribution in [0.4, 0.5) is 0 Å². The van der Waals surface area contributed by atoms with Gasteiger partial charge in [-0.25, -0.2) is 0 Å². The van der Waals surface area contributed by atoms with Crippen LogP contribution in [-0.4, -0.2) is 53.8 Å². The maximum atomic E-state index is 11.8. The minimum absolute atomic E-state index is 0.104. The number of carbonyl (C=O) groups excluding carboxylic acids is 2. The molecule has 1 fully saturated rings. The fourth-order valence-electron chi connectivity index (χ4n) is 1.40. The molecule has 1 rings (SSSR count). The Morgan fingerprint density at radius 3 is 2.75 bits per heavy atom. The molecule has 0 aromatic heterocycles. The topological polar surface area (TPSA) is 58.2 Å². The quantitative estimate of drug-likeness (QED) is 0.738. The van der Waals surface area contributed by atoms with Crippen LogP contribution in [0.3, 0.4) is 0 Å². The summed E-state index contributed by atoms with van der Waals surface area (Å²) in [5.74, 6) is 1.79. The lowest BCUT2D eigenvalue weighted by molar-refractivity contribution is -0.120. The molecule has 4 nitrogen and oxygen atoms in total. The summed E-state index contributed by atoms with van der Waals surface area (Å²) in [6.07, 6.45) is 0. The molecule has 2 N–H and O–H groups in total. The molecule has 16 heavy (non-hydrogen) atoms. The van der Waals surface area contributed by atoms with Crippen LogP contribution in [0.15, 0.2) is 0 Å². The first-order chi connectivity index (χ1) is 7.65. The number of likely N-dealkylation sites (N-methyl/N-ethyl adjacent to an activating group) is 1. The van der Waals surface area contributed by atoms with E-state index in [1.807, 2.05) is 0 Å². The summed E-state index contributed by atoms with van der Waals surface area (Å²) in [6.45, 7) is 1.84. The molecular weight excluding hydrogens is 244 g/mol. The zero-order valence-electron chi connectivity index (χ0n) is 9.62. The molecule has 1 saturated heterocycles. The van der Waals surface area contributed by atoms with E-state index in [1.165, 1.54) is 0 Å². The zero-order chi connectivity index (χ0) is 12.0. The van der Waals surface area contributed by atoms with Gasteiger partial charge in [-0.3, -0.25) is 14.9 Å². The van der Waals surface area contributed by atoms with Crippen molar-refractivity contribution in [1.29, 1.82) is 0 Å². The van der Waals surface area contributed by atoms with Gasteiger partial charge in [0, 0.05) is 16.6 Å². The predicted octanol–water partition coefficient (Wildman–Crippen LogP) is 0.128. The maximum absolute atomic E-state index is 11.8. The minimum Gasteiger partial charge on any atom is -0.310 e. The first-order valence-electron chi connectivity index (χ1n) is 5.24. The van der Waals surface area contributed by atoms with Gasteiger partial charge in [0.2, 0.25) is 0 Å². The summed E-state index contributed by atoms with van der Waals surface area (Å²) < 4.78 is 0. The third-order valence-electron chi connectivity index (χ3n) is 2.49. The average Bonchev–Trinajstić information content (AvgIpc) is 2.26. The highest BCUT2D eigenvalue weighted by Gasteiger charge is 2.21. The second kappa shape index (κ2) is 7.32. The predicted molar refractivity (Wildman–Crippen MR) is 70.1 cm³/mol. The van der Waals surface area contributed by atoms with E-state index < -0.39 is 0 Å². The summed E-state index contributed by atoms with van der Waals surface area (Å²) in [5.41, 5.74) is 0. The van der Waals surface area contributed by atoms with Crippen molar-refractivity contribution in [2.75, 3.05) is 30.2 Å². The Balaban J connectivity index is 2.56. The molecule has 0 bridgehead atoms. The van der Waals surface area contributed by atoms with Gasteiger partial charge in [0.05, 0.1) is 18.6 Å². The summed E-state index contributed by atoms with van der Waals surface area (Å²) >= 11 is 3.48. The third kappa shape index (κ3) is 4.45. The molecule has 2 atom stereocenters. The van der Waals surface area contributed by atoms with E-state index in [-0.39, 0.29) is 30.2 Å². The first kappa shape index (κ1) is 14.0. The Kier molecular flexibility index (Phi) is 6.41. The Bertz CT molecular complexity index is 261. The fourth-order valence-corrected chi connectivity index (χ4v) is 3.81. The molecular formula is C10H18N2O2S2. The number of hydrogen-bond acceptors (Lipinski definition) is 6. The number of carbonyl (C=O) groups is 2. The molecule has 6 heteroatoms. The van der Waals surface area contributed by atoms with E-state index in [4.69, 9.17) is 0 Å². The molecule has 1 aliphatic rings. The van der Waals surface area contributed by atoms with E-state index in [1.54, 1.807) is 37.5 Å². The Labute approximate surface area is 105 Å². The van der Waals surface area contributed by atoms with Crippen LogP contribution in [-0.2, 0) is 9.59 Å². The highest BCUT2D eigenvalue weighted by Crippen LogP contribution is 2.15. The standard InChI is InChI=1S/C10H18N2O2S2/c1-7(13)8-4-15-6-16-5-9(11-2)10(14)3-12-8/h8-9,11-12H,3-6H2,1-2H3/t8-,9-/m0/s1. The van der Waals surface area contributed by atoms with Crippen LogP contribution in [0.25, 0.3) is 0 Å². The molecule has 0 spiro atoms. The lowest BCUT2D eigenvalue weighted by Crippen LogP contribution is -2.47. The fraction of sp³-hybridized carbons (Fsp3) is 0.800. The first-order valence-corrected chi connectivity index (χ1v) is 7.55. The van der Waals surface area contributed by atoms with Crippen molar-refractivity contribution < 1.29 is 9.59 Å². The third-order valence-corrected chi connectivity index (χ3v) is 4.96. The van der Waals surface area contributed by atoms with Crippen LogP contribution in [0, 0.1) is 0 Å². The van der Waals surface area contributed by atoms with Crippen LogP contribution < -0.4 is 10.6 Å². The van der Waals surface area contributed by atoms with Gasteiger partial charge < -0.3 is 5.32 Å². The Hall–Kier alpha value is -0.0400. The minimum atomic E-state index is -0.190. The smallest absolute Gasteiger partial charge is 0.164 e. The Morgan fingerprint density at radius 1 is 1.44 bits per heavy atom. The molecule has 0 radical (unpaired) electrons. The second-order valence-electron chi connectivity index (χ2n) is 3.71. The number of rotatable bonds is 2. The van der Waals surface area contributed by atoms with Crippen LogP contribution in [0.5, 0.6) is 0 Å². The van der Waals surface area contributed by atoms with Crippen molar-refractivity contribution in [2.45, 2.75) is 19.0 Å². The molecule has 0 unspecified atom stereocenters. The monoisotopic (exact) mass is 262 g/mol. The van der Waals surface area contributed by atoms with Crippen molar-refractivity contribution in [3.05, 3.63) is 0 Å². The normalized spacial score (nSPS) is 28.8. The van der Waals surface area contributed by atoms with Gasteiger partial charge >= 0.3 is 0 Å². The molecule has 0 aliphatic carbocycles. The van der Waals surface area contributed by atoms with E-state index in [0.29, 0.717) is 0 Å². The number of nitrogens with one attached hydrogen (secondary N) is 2. The van der Waals surface area contributed by atoms with Crippen molar-refractivity contribution in [3.8, 4) is 0 Å². The lowest BCUT2D eigenvalue weighted by atomic mass is 10.2. The largest absolute Gasteiger partial charge is 0.310 e. The summed E-state index contributed by atoms with van der Waals surface area (Å²) in [4.78, 5) is 23.1. The van der Waals surface area contributed by atoms with E-state index in [9.17, 15) is 9.59 Å².